The van der Waals surface area contributed by atoms with Gasteiger partial charge in [-0.15, -0.1) is 0 Å². The summed E-state index contributed by atoms with van der Waals surface area (Å²) in [5, 5.41) is 15.1. The number of rotatable bonds is 7. The molecule has 5 heteroatoms. The highest BCUT2D eigenvalue weighted by Crippen LogP contribution is 2.19. The van der Waals surface area contributed by atoms with Crippen molar-refractivity contribution in [1.82, 2.24) is 10.6 Å². The fourth-order valence-corrected chi connectivity index (χ4v) is 2.20. The molecule has 118 valence electrons. The monoisotopic (exact) mass is 294 g/mol. The molecule has 0 heterocycles. The Hall–Kier alpha value is -1.59. The minimum Gasteiger partial charge on any atom is -0.391 e. The van der Waals surface area contributed by atoms with Crippen molar-refractivity contribution >= 4 is 6.03 Å². The number of urea groups is 1. The largest absolute Gasteiger partial charge is 0.391 e. The van der Waals surface area contributed by atoms with Gasteiger partial charge in [-0.1, -0.05) is 18.2 Å². The van der Waals surface area contributed by atoms with Crippen molar-refractivity contribution in [2.24, 2.45) is 0 Å². The normalized spacial score (nSPS) is 13.6. The molecule has 0 aliphatic rings. The molecule has 1 rings (SSSR count). The Morgan fingerprint density at radius 2 is 2.10 bits per heavy atom. The Balaban J connectivity index is 2.42. The van der Waals surface area contributed by atoms with E-state index in [0.717, 1.165) is 5.56 Å². The predicted octanol–water partition coefficient (Wildman–Crippen LogP) is 2.06. The molecule has 3 N–H and O–H groups in total. The number of carbonyl (C=O) groups excluding carboxylic acids is 1. The first-order chi connectivity index (χ1) is 9.95. The highest BCUT2D eigenvalue weighted by Gasteiger charge is 2.12. The summed E-state index contributed by atoms with van der Waals surface area (Å²) in [7, 11) is 1.54. The average molecular weight is 294 g/mol. The van der Waals surface area contributed by atoms with E-state index in [2.05, 4.69) is 30.5 Å². The van der Waals surface area contributed by atoms with Crippen molar-refractivity contribution in [3.8, 4) is 0 Å². The molecule has 0 radical (unpaired) electrons. The van der Waals surface area contributed by atoms with Crippen LogP contribution in [0.1, 0.15) is 36.1 Å². The van der Waals surface area contributed by atoms with E-state index >= 15 is 0 Å². The molecule has 0 aromatic heterocycles. The summed E-state index contributed by atoms with van der Waals surface area (Å²) in [6, 6.07) is 5.79. The average Bonchev–Trinajstić information content (AvgIpc) is 2.42. The van der Waals surface area contributed by atoms with Gasteiger partial charge in [0.05, 0.1) is 18.8 Å². The van der Waals surface area contributed by atoms with Gasteiger partial charge in [0.2, 0.25) is 0 Å². The summed E-state index contributed by atoms with van der Waals surface area (Å²) >= 11 is 0. The predicted molar refractivity (Wildman–Crippen MR) is 83.4 cm³/mol. The van der Waals surface area contributed by atoms with Gasteiger partial charge in [0.1, 0.15) is 0 Å². The lowest BCUT2D eigenvalue weighted by Crippen LogP contribution is -2.38. The smallest absolute Gasteiger partial charge is 0.315 e. The second-order valence-corrected chi connectivity index (χ2v) is 5.31. The van der Waals surface area contributed by atoms with Gasteiger partial charge in [0.25, 0.3) is 0 Å². The van der Waals surface area contributed by atoms with E-state index < -0.39 is 6.10 Å². The number of aliphatic hydroxyl groups excluding tert-OH is 1. The molecule has 0 aliphatic carbocycles. The van der Waals surface area contributed by atoms with Gasteiger partial charge in [-0.3, -0.25) is 0 Å². The van der Waals surface area contributed by atoms with Gasteiger partial charge in [-0.25, -0.2) is 4.79 Å². The first kappa shape index (κ1) is 17.5. The van der Waals surface area contributed by atoms with Gasteiger partial charge in [-0.05, 0) is 43.9 Å². The number of aliphatic hydroxyl groups is 1. The molecule has 0 saturated heterocycles. The lowest BCUT2D eigenvalue weighted by molar-refractivity contribution is 0.0598. The number of methoxy groups -OCH3 is 1. The van der Waals surface area contributed by atoms with E-state index in [1.54, 1.807) is 0 Å². The van der Waals surface area contributed by atoms with Crippen LogP contribution in [0.5, 0.6) is 0 Å². The maximum Gasteiger partial charge on any atom is 0.315 e. The minimum absolute atomic E-state index is 0.0613. The number of ether oxygens (including phenoxy) is 1. The van der Waals surface area contributed by atoms with Gasteiger partial charge in [0.15, 0.2) is 0 Å². The Morgan fingerprint density at radius 3 is 2.76 bits per heavy atom. The Morgan fingerprint density at radius 1 is 1.38 bits per heavy atom. The SMILES string of the molecule is COCC(O)CCNC(=O)NC(C)c1cccc(C)c1C. The van der Waals surface area contributed by atoms with Crippen LogP contribution in [0.3, 0.4) is 0 Å². The highest BCUT2D eigenvalue weighted by molar-refractivity contribution is 5.74. The molecule has 5 nitrogen and oxygen atoms in total. The molecule has 2 amide bonds. The van der Waals surface area contributed by atoms with E-state index in [0.29, 0.717) is 13.0 Å². The van der Waals surface area contributed by atoms with E-state index in [1.165, 1.54) is 18.2 Å². The second kappa shape index (κ2) is 8.64. The maximum absolute atomic E-state index is 11.8. The molecule has 2 unspecified atom stereocenters. The number of nitrogens with one attached hydrogen (secondary N) is 2. The third kappa shape index (κ3) is 5.73. The molecule has 1 aromatic rings. The topological polar surface area (TPSA) is 70.6 Å². The third-order valence-corrected chi connectivity index (χ3v) is 3.58. The summed E-state index contributed by atoms with van der Waals surface area (Å²) in [6.07, 6.45) is -0.0780. The van der Waals surface area contributed by atoms with Crippen LogP contribution < -0.4 is 10.6 Å². The summed E-state index contributed by atoms with van der Waals surface area (Å²) in [6.45, 7) is 6.77. The number of benzene rings is 1. The van der Waals surface area contributed by atoms with Gasteiger partial charge < -0.3 is 20.5 Å². The fraction of sp³-hybridized carbons (Fsp3) is 0.562. The molecule has 0 saturated carbocycles. The number of aryl methyl sites for hydroxylation is 1. The van der Waals surface area contributed by atoms with Crippen molar-refractivity contribution in [3.05, 3.63) is 34.9 Å². The molecule has 0 spiro atoms. The fourth-order valence-electron chi connectivity index (χ4n) is 2.20. The molecule has 1 aromatic carbocycles. The lowest BCUT2D eigenvalue weighted by Gasteiger charge is -2.18. The van der Waals surface area contributed by atoms with Crippen LogP contribution in [0.2, 0.25) is 0 Å². The number of carbonyl (C=O) groups is 1. The van der Waals surface area contributed by atoms with E-state index in [-0.39, 0.29) is 18.7 Å². The van der Waals surface area contributed by atoms with Crippen LogP contribution in [-0.4, -0.2) is 37.5 Å². The molecule has 21 heavy (non-hydrogen) atoms. The van der Waals surface area contributed by atoms with Crippen LogP contribution in [-0.2, 0) is 4.74 Å². The summed E-state index contributed by atoms with van der Waals surface area (Å²) < 4.78 is 4.83. The Bertz CT molecular complexity index is 463. The molecule has 2 atom stereocenters. The lowest BCUT2D eigenvalue weighted by atomic mass is 9.98. The standard InChI is InChI=1S/C16H26N2O3/c1-11-6-5-7-15(12(11)2)13(3)18-16(20)17-9-8-14(19)10-21-4/h5-7,13-14,19H,8-10H2,1-4H3,(H2,17,18,20). The van der Waals surface area contributed by atoms with Crippen molar-refractivity contribution in [2.75, 3.05) is 20.3 Å². The minimum atomic E-state index is -0.549. The zero-order valence-electron chi connectivity index (χ0n) is 13.3. The van der Waals surface area contributed by atoms with Crippen molar-refractivity contribution < 1.29 is 14.6 Å². The zero-order chi connectivity index (χ0) is 15.8. The van der Waals surface area contributed by atoms with Gasteiger partial charge in [-0.2, -0.15) is 0 Å². The Labute approximate surface area is 126 Å². The van der Waals surface area contributed by atoms with Crippen LogP contribution in [0.4, 0.5) is 4.79 Å². The summed E-state index contributed by atoms with van der Waals surface area (Å²) in [5.41, 5.74) is 3.52. The van der Waals surface area contributed by atoms with Crippen molar-refractivity contribution in [3.63, 3.8) is 0 Å². The van der Waals surface area contributed by atoms with Gasteiger partial charge in [0, 0.05) is 13.7 Å². The van der Waals surface area contributed by atoms with Crippen molar-refractivity contribution in [1.29, 1.82) is 0 Å². The molecular weight excluding hydrogens is 268 g/mol. The van der Waals surface area contributed by atoms with Crippen LogP contribution in [0.25, 0.3) is 0 Å². The van der Waals surface area contributed by atoms with E-state index in [9.17, 15) is 9.90 Å². The summed E-state index contributed by atoms with van der Waals surface area (Å²) in [4.78, 5) is 11.8. The molecule has 0 bridgehead atoms. The second-order valence-electron chi connectivity index (χ2n) is 5.31. The number of hydrogen-bond acceptors (Lipinski definition) is 3. The first-order valence-corrected chi connectivity index (χ1v) is 7.23. The quantitative estimate of drug-likeness (QED) is 0.721. The highest BCUT2D eigenvalue weighted by atomic mass is 16.5. The van der Waals surface area contributed by atoms with E-state index in [1.807, 2.05) is 19.1 Å². The third-order valence-electron chi connectivity index (χ3n) is 3.58. The zero-order valence-corrected chi connectivity index (χ0v) is 13.3. The van der Waals surface area contributed by atoms with Gasteiger partial charge >= 0.3 is 6.03 Å². The maximum atomic E-state index is 11.8. The molecule has 0 aliphatic heterocycles. The Kier molecular flexibility index (Phi) is 7.19. The summed E-state index contributed by atoms with van der Waals surface area (Å²) in [5.74, 6) is 0. The number of amides is 2. The first-order valence-electron chi connectivity index (χ1n) is 7.23. The molecular formula is C16H26N2O3. The molecule has 0 fully saturated rings. The van der Waals surface area contributed by atoms with Crippen LogP contribution in [0.15, 0.2) is 18.2 Å². The van der Waals surface area contributed by atoms with E-state index in [4.69, 9.17) is 4.74 Å². The van der Waals surface area contributed by atoms with Crippen LogP contribution >= 0.6 is 0 Å². The number of hydrogen-bond donors (Lipinski definition) is 3. The van der Waals surface area contributed by atoms with Crippen LogP contribution in [0, 0.1) is 13.8 Å². The van der Waals surface area contributed by atoms with Crippen molar-refractivity contribution in [2.45, 2.75) is 39.3 Å².